The number of carbonyl (C=O) groups excluding carboxylic acids is 1. The highest BCUT2D eigenvalue weighted by Gasteiger charge is 2.10. The van der Waals surface area contributed by atoms with Crippen LogP contribution in [0.25, 0.3) is 0 Å². The molecule has 0 aliphatic heterocycles. The molecule has 0 saturated carbocycles. The van der Waals surface area contributed by atoms with Crippen LogP contribution in [0.2, 0.25) is 0 Å². The summed E-state index contributed by atoms with van der Waals surface area (Å²) < 4.78 is 18.5. The van der Waals surface area contributed by atoms with Gasteiger partial charge in [-0.15, -0.1) is 0 Å². The van der Waals surface area contributed by atoms with E-state index in [9.17, 15) is 9.18 Å². The summed E-state index contributed by atoms with van der Waals surface area (Å²) in [6, 6.07) is 16.3. The van der Waals surface area contributed by atoms with Crippen molar-refractivity contribution < 1.29 is 13.9 Å². The summed E-state index contributed by atoms with van der Waals surface area (Å²) in [5, 5.41) is 6.41. The second-order valence-electron chi connectivity index (χ2n) is 7.08. The number of pyridine rings is 1. The number of nitrogens with one attached hydrogen (secondary N) is 2. The van der Waals surface area contributed by atoms with Crippen LogP contribution in [0.5, 0.6) is 5.75 Å². The molecule has 0 aliphatic rings. The van der Waals surface area contributed by atoms with Crippen molar-refractivity contribution in [1.82, 2.24) is 15.0 Å². The Bertz CT molecular complexity index is 1300. The third kappa shape index (κ3) is 5.78. The Labute approximate surface area is 199 Å². The van der Waals surface area contributed by atoms with Gasteiger partial charge in [-0.3, -0.25) is 4.79 Å². The monoisotopic (exact) mass is 476 g/mol. The Hall–Kier alpha value is -4.18. The second kappa shape index (κ2) is 10.6. The highest BCUT2D eigenvalue weighted by molar-refractivity contribution is 7.98. The van der Waals surface area contributed by atoms with E-state index in [-0.39, 0.29) is 11.6 Å². The zero-order valence-electron chi connectivity index (χ0n) is 18.2. The minimum atomic E-state index is -0.459. The molecule has 172 valence electrons. The third-order valence-electron chi connectivity index (χ3n) is 4.72. The maximum atomic E-state index is 13.2. The van der Waals surface area contributed by atoms with E-state index >= 15 is 0 Å². The van der Waals surface area contributed by atoms with Crippen molar-refractivity contribution in [3.8, 4) is 5.75 Å². The van der Waals surface area contributed by atoms with Gasteiger partial charge in [0.1, 0.15) is 11.6 Å². The largest absolute Gasteiger partial charge is 0.493 e. The number of hydrogen-bond donors (Lipinski definition) is 3. The second-order valence-corrected chi connectivity index (χ2v) is 8.02. The Morgan fingerprint density at radius 3 is 2.68 bits per heavy atom. The molecule has 0 atom stereocenters. The fourth-order valence-electron chi connectivity index (χ4n) is 2.99. The number of hydrogen-bond acceptors (Lipinski definition) is 8. The lowest BCUT2D eigenvalue weighted by Gasteiger charge is -2.10. The number of nitrogens with two attached hydrogens (primary N) is 1. The molecular weight excluding hydrogens is 455 g/mol. The minimum absolute atomic E-state index is 0.166. The van der Waals surface area contributed by atoms with Gasteiger partial charge in [0.05, 0.1) is 18.5 Å². The molecule has 2 aromatic carbocycles. The fraction of sp³-hybridized carbons (Fsp3) is 0.0833. The molecular formula is C24H21FN6O2S. The molecule has 1 amide bonds. The van der Waals surface area contributed by atoms with Gasteiger partial charge in [0.15, 0.2) is 16.7 Å². The number of carbonyl (C=O) groups is 1. The Morgan fingerprint density at radius 2 is 1.91 bits per heavy atom. The van der Waals surface area contributed by atoms with Crippen molar-refractivity contribution in [3.05, 3.63) is 90.0 Å². The predicted molar refractivity (Wildman–Crippen MR) is 131 cm³/mol. The Kier molecular flexibility index (Phi) is 7.19. The molecule has 0 aliphatic carbocycles. The number of rotatable bonds is 8. The minimum Gasteiger partial charge on any atom is -0.493 e. The van der Waals surface area contributed by atoms with E-state index in [0.29, 0.717) is 39.5 Å². The standard InChI is InChI=1S/C24H21FN6O2S/c1-33-20-3-2-11-27-22(20)30-21-10-12-28-24(31-21)34-14-15-4-6-16(7-5-15)23(32)29-19-9-8-17(25)13-18(19)26/h2-13H,14,26H2,1H3,(H,29,32)(H,27,28,30,31). The lowest BCUT2D eigenvalue weighted by molar-refractivity contribution is 0.102. The van der Waals surface area contributed by atoms with Gasteiger partial charge >= 0.3 is 0 Å². The third-order valence-corrected chi connectivity index (χ3v) is 5.65. The van der Waals surface area contributed by atoms with E-state index in [2.05, 4.69) is 25.6 Å². The number of methoxy groups -OCH3 is 1. The number of benzene rings is 2. The van der Waals surface area contributed by atoms with Gasteiger partial charge < -0.3 is 21.1 Å². The van der Waals surface area contributed by atoms with Crippen LogP contribution in [-0.2, 0) is 5.75 Å². The average molecular weight is 477 g/mol. The van der Waals surface area contributed by atoms with Crippen LogP contribution in [-0.4, -0.2) is 28.0 Å². The Balaban J connectivity index is 1.36. The van der Waals surface area contributed by atoms with Gasteiger partial charge in [-0.2, -0.15) is 0 Å². The maximum Gasteiger partial charge on any atom is 0.255 e. The Morgan fingerprint density at radius 1 is 1.09 bits per heavy atom. The summed E-state index contributed by atoms with van der Waals surface area (Å²) in [6.45, 7) is 0. The van der Waals surface area contributed by atoms with Gasteiger partial charge in [0.2, 0.25) is 0 Å². The van der Waals surface area contributed by atoms with Crippen LogP contribution < -0.4 is 21.1 Å². The molecule has 8 nitrogen and oxygen atoms in total. The zero-order chi connectivity index (χ0) is 23.9. The molecule has 10 heteroatoms. The van der Waals surface area contributed by atoms with E-state index in [1.165, 1.54) is 23.9 Å². The summed E-state index contributed by atoms with van der Waals surface area (Å²) in [5.41, 5.74) is 7.74. The summed E-state index contributed by atoms with van der Waals surface area (Å²) in [4.78, 5) is 25.5. The van der Waals surface area contributed by atoms with E-state index in [1.54, 1.807) is 43.8 Å². The first kappa shape index (κ1) is 23.0. The molecule has 34 heavy (non-hydrogen) atoms. The number of aromatic nitrogens is 3. The molecule has 0 fully saturated rings. The molecule has 0 saturated heterocycles. The van der Waals surface area contributed by atoms with Gasteiger partial charge in [-0.1, -0.05) is 23.9 Å². The van der Waals surface area contributed by atoms with Crippen LogP contribution in [0.4, 0.5) is 27.4 Å². The first-order valence-corrected chi connectivity index (χ1v) is 11.2. The molecule has 0 radical (unpaired) electrons. The van der Waals surface area contributed by atoms with Gasteiger partial charge in [0, 0.05) is 23.7 Å². The predicted octanol–water partition coefficient (Wildman–Crippen LogP) is 4.89. The molecule has 4 N–H and O–H groups in total. The zero-order valence-corrected chi connectivity index (χ0v) is 19.0. The van der Waals surface area contributed by atoms with E-state index in [0.717, 1.165) is 11.6 Å². The van der Waals surface area contributed by atoms with Crippen LogP contribution in [0.1, 0.15) is 15.9 Å². The molecule has 0 unspecified atom stereocenters. The lowest BCUT2D eigenvalue weighted by Crippen LogP contribution is -2.13. The first-order valence-electron chi connectivity index (χ1n) is 10.2. The number of halogens is 1. The average Bonchev–Trinajstić information content (AvgIpc) is 2.85. The summed E-state index contributed by atoms with van der Waals surface area (Å²) in [5.74, 6) is 1.60. The number of thioether (sulfide) groups is 1. The summed E-state index contributed by atoms with van der Waals surface area (Å²) in [7, 11) is 1.58. The van der Waals surface area contributed by atoms with Crippen molar-refractivity contribution in [3.63, 3.8) is 0 Å². The summed E-state index contributed by atoms with van der Waals surface area (Å²) in [6.07, 6.45) is 3.34. The number of anilines is 4. The number of nitrogens with zero attached hydrogens (tertiary/aromatic N) is 3. The summed E-state index contributed by atoms with van der Waals surface area (Å²) >= 11 is 1.46. The molecule has 2 heterocycles. The van der Waals surface area contributed by atoms with Crippen LogP contribution in [0.15, 0.2) is 78.2 Å². The molecule has 2 aromatic heterocycles. The molecule has 0 bridgehead atoms. The van der Waals surface area contributed by atoms with E-state index in [1.807, 2.05) is 18.2 Å². The number of ether oxygens (including phenoxy) is 1. The number of amides is 1. The van der Waals surface area contributed by atoms with Crippen molar-refractivity contribution >= 4 is 40.7 Å². The van der Waals surface area contributed by atoms with Crippen molar-refractivity contribution in [2.24, 2.45) is 0 Å². The highest BCUT2D eigenvalue weighted by atomic mass is 32.2. The van der Waals surface area contributed by atoms with Gasteiger partial charge in [-0.25, -0.2) is 19.3 Å². The van der Waals surface area contributed by atoms with Crippen molar-refractivity contribution in [2.45, 2.75) is 10.9 Å². The van der Waals surface area contributed by atoms with E-state index < -0.39 is 5.82 Å². The van der Waals surface area contributed by atoms with Crippen LogP contribution in [0.3, 0.4) is 0 Å². The SMILES string of the molecule is COc1cccnc1Nc1ccnc(SCc2ccc(C(=O)Nc3ccc(F)cc3N)cc2)n1. The van der Waals surface area contributed by atoms with Crippen molar-refractivity contribution in [1.29, 1.82) is 0 Å². The van der Waals surface area contributed by atoms with Crippen molar-refractivity contribution in [2.75, 3.05) is 23.5 Å². The van der Waals surface area contributed by atoms with Gasteiger partial charge in [0.25, 0.3) is 5.91 Å². The smallest absolute Gasteiger partial charge is 0.255 e. The fourth-order valence-corrected chi connectivity index (χ4v) is 3.78. The first-order chi connectivity index (χ1) is 16.5. The molecule has 4 rings (SSSR count). The normalized spacial score (nSPS) is 10.5. The van der Waals surface area contributed by atoms with Crippen LogP contribution >= 0.6 is 11.8 Å². The maximum absolute atomic E-state index is 13.2. The molecule has 0 spiro atoms. The number of nitrogen functional groups attached to an aromatic ring is 1. The quantitative estimate of drug-likeness (QED) is 0.187. The topological polar surface area (TPSA) is 115 Å². The lowest BCUT2D eigenvalue weighted by atomic mass is 10.1. The highest BCUT2D eigenvalue weighted by Crippen LogP contribution is 2.26. The van der Waals surface area contributed by atoms with Gasteiger partial charge in [-0.05, 0) is 54.1 Å². The molecule has 4 aromatic rings. The van der Waals surface area contributed by atoms with E-state index in [4.69, 9.17) is 10.5 Å². The van der Waals surface area contributed by atoms with Crippen LogP contribution in [0, 0.1) is 5.82 Å².